The quantitative estimate of drug-likeness (QED) is 0.542. The van der Waals surface area contributed by atoms with Gasteiger partial charge in [-0.1, -0.05) is 18.2 Å². The molecule has 27 heavy (non-hydrogen) atoms. The van der Waals surface area contributed by atoms with Gasteiger partial charge in [0.05, 0.1) is 18.8 Å². The lowest BCUT2D eigenvalue weighted by Crippen LogP contribution is -2.40. The lowest BCUT2D eigenvalue weighted by molar-refractivity contribution is -0.138. The van der Waals surface area contributed by atoms with Crippen molar-refractivity contribution in [2.45, 2.75) is 27.2 Å². The predicted octanol–water partition coefficient (Wildman–Crippen LogP) is 2.14. The molecule has 0 unspecified atom stereocenters. The van der Waals surface area contributed by atoms with Gasteiger partial charge in [0.25, 0.3) is 11.8 Å². The highest BCUT2D eigenvalue weighted by molar-refractivity contribution is 6.35. The minimum atomic E-state index is -0.207. The molecular weight excluding hydrogens is 344 g/mol. The molecule has 6 heteroatoms. The zero-order chi connectivity index (χ0) is 19.4. The van der Waals surface area contributed by atoms with Crippen LogP contribution in [-0.2, 0) is 19.1 Å². The van der Waals surface area contributed by atoms with Crippen molar-refractivity contribution < 1.29 is 19.1 Å². The molecular formula is C21H28N2O4. The van der Waals surface area contributed by atoms with Crippen LogP contribution >= 0.6 is 0 Å². The van der Waals surface area contributed by atoms with Crippen LogP contribution in [0, 0.1) is 13.8 Å². The largest absolute Gasteiger partial charge is 0.382 e. The van der Waals surface area contributed by atoms with Crippen LogP contribution in [0.15, 0.2) is 23.9 Å². The predicted molar refractivity (Wildman–Crippen MR) is 103 cm³/mol. The summed E-state index contributed by atoms with van der Waals surface area (Å²) < 4.78 is 10.8. The molecule has 0 radical (unpaired) electrons. The van der Waals surface area contributed by atoms with Gasteiger partial charge in [-0.2, -0.15) is 0 Å². The number of rotatable bonds is 7. The third-order valence-corrected chi connectivity index (χ3v) is 5.14. The van der Waals surface area contributed by atoms with Gasteiger partial charge in [-0.15, -0.1) is 0 Å². The number of hydrogen-bond acceptors (Lipinski definition) is 5. The van der Waals surface area contributed by atoms with Gasteiger partial charge in [0.2, 0.25) is 0 Å². The third kappa shape index (κ3) is 4.06. The van der Waals surface area contributed by atoms with E-state index in [1.54, 1.807) is 0 Å². The van der Waals surface area contributed by atoms with Crippen molar-refractivity contribution in [2.75, 3.05) is 46.1 Å². The highest BCUT2D eigenvalue weighted by Gasteiger charge is 2.41. The molecule has 0 N–H and O–H groups in total. The maximum atomic E-state index is 13.2. The van der Waals surface area contributed by atoms with Crippen molar-refractivity contribution in [3.05, 3.63) is 40.6 Å². The molecule has 1 aromatic carbocycles. The topological polar surface area (TPSA) is 59.1 Å². The highest BCUT2D eigenvalue weighted by atomic mass is 16.5. The van der Waals surface area contributed by atoms with Crippen molar-refractivity contribution in [3.8, 4) is 0 Å². The molecule has 1 fully saturated rings. The summed E-state index contributed by atoms with van der Waals surface area (Å²) in [7, 11) is 0. The number of nitrogens with zero attached hydrogens (tertiary/aromatic N) is 2. The van der Waals surface area contributed by atoms with Gasteiger partial charge >= 0.3 is 0 Å². The maximum Gasteiger partial charge on any atom is 0.277 e. The smallest absolute Gasteiger partial charge is 0.277 e. The molecule has 2 heterocycles. The Hall–Kier alpha value is -2.18. The summed E-state index contributed by atoms with van der Waals surface area (Å²) in [6.45, 7) is 9.91. The summed E-state index contributed by atoms with van der Waals surface area (Å²) in [5, 5.41) is 0. The standard InChI is InChI=1S/C21H28N2O4/c1-4-26-11-5-8-23-20(24)18(17-7-6-15(2)16(3)14-17)19(21(23)25)22-9-12-27-13-10-22/h6-7,14H,4-5,8-13H2,1-3H3. The number of hydrogen-bond donors (Lipinski definition) is 0. The van der Waals surface area contributed by atoms with E-state index in [9.17, 15) is 9.59 Å². The average Bonchev–Trinajstić information content (AvgIpc) is 2.92. The summed E-state index contributed by atoms with van der Waals surface area (Å²) >= 11 is 0. The minimum absolute atomic E-state index is 0.202. The first-order valence-electron chi connectivity index (χ1n) is 9.63. The number of ether oxygens (including phenoxy) is 2. The van der Waals surface area contributed by atoms with Crippen LogP contribution in [-0.4, -0.2) is 67.7 Å². The number of morpholine rings is 1. The summed E-state index contributed by atoms with van der Waals surface area (Å²) in [5.74, 6) is -0.409. The molecule has 0 aromatic heterocycles. The molecule has 0 bridgehead atoms. The number of carbonyl (C=O) groups is 2. The third-order valence-electron chi connectivity index (χ3n) is 5.14. The Bertz CT molecular complexity index is 751. The van der Waals surface area contributed by atoms with Crippen LogP contribution in [0.5, 0.6) is 0 Å². The first-order chi connectivity index (χ1) is 13.0. The molecule has 1 aromatic rings. The van der Waals surface area contributed by atoms with E-state index >= 15 is 0 Å². The number of benzene rings is 1. The fraction of sp³-hybridized carbons (Fsp3) is 0.524. The van der Waals surface area contributed by atoms with Gasteiger partial charge in [0, 0.05) is 32.8 Å². The zero-order valence-corrected chi connectivity index (χ0v) is 16.4. The molecule has 146 valence electrons. The fourth-order valence-corrected chi connectivity index (χ4v) is 3.47. The zero-order valence-electron chi connectivity index (χ0n) is 16.4. The lowest BCUT2D eigenvalue weighted by Gasteiger charge is -2.29. The van der Waals surface area contributed by atoms with Crippen LogP contribution in [0.2, 0.25) is 0 Å². The Balaban J connectivity index is 1.94. The van der Waals surface area contributed by atoms with Crippen LogP contribution in [0.1, 0.15) is 30.0 Å². The van der Waals surface area contributed by atoms with Crippen molar-refractivity contribution in [1.82, 2.24) is 9.80 Å². The van der Waals surface area contributed by atoms with Crippen LogP contribution in [0.25, 0.3) is 5.57 Å². The van der Waals surface area contributed by atoms with Crippen LogP contribution in [0.4, 0.5) is 0 Å². The van der Waals surface area contributed by atoms with Gasteiger partial charge in [0.1, 0.15) is 5.70 Å². The fourth-order valence-electron chi connectivity index (χ4n) is 3.47. The second-order valence-corrected chi connectivity index (χ2v) is 6.93. The number of imide groups is 1. The Morgan fingerprint density at radius 2 is 1.81 bits per heavy atom. The van der Waals surface area contributed by atoms with Gasteiger partial charge < -0.3 is 14.4 Å². The Morgan fingerprint density at radius 1 is 1.07 bits per heavy atom. The lowest BCUT2D eigenvalue weighted by atomic mass is 9.99. The van der Waals surface area contributed by atoms with E-state index in [4.69, 9.17) is 9.47 Å². The summed E-state index contributed by atoms with van der Waals surface area (Å²) in [6, 6.07) is 5.94. The number of aryl methyl sites for hydroxylation is 2. The normalized spacial score (nSPS) is 18.0. The van der Waals surface area contributed by atoms with E-state index < -0.39 is 0 Å². The van der Waals surface area contributed by atoms with Crippen LogP contribution < -0.4 is 0 Å². The Kier molecular flexibility index (Phi) is 6.29. The molecule has 0 saturated carbocycles. The van der Waals surface area contributed by atoms with Crippen LogP contribution in [0.3, 0.4) is 0 Å². The molecule has 0 atom stereocenters. The van der Waals surface area contributed by atoms with Crippen molar-refractivity contribution in [1.29, 1.82) is 0 Å². The second-order valence-electron chi connectivity index (χ2n) is 6.93. The molecule has 0 aliphatic carbocycles. The summed E-state index contributed by atoms with van der Waals surface area (Å²) in [5.41, 5.74) is 4.11. The van der Waals surface area contributed by atoms with E-state index in [-0.39, 0.29) is 11.8 Å². The van der Waals surface area contributed by atoms with Gasteiger partial charge in [-0.3, -0.25) is 14.5 Å². The Labute approximate surface area is 160 Å². The molecule has 3 rings (SSSR count). The SMILES string of the molecule is CCOCCCN1C(=O)C(c2ccc(C)c(C)c2)=C(N2CCOCC2)C1=O. The minimum Gasteiger partial charge on any atom is -0.382 e. The maximum absolute atomic E-state index is 13.2. The monoisotopic (exact) mass is 372 g/mol. The van der Waals surface area contributed by atoms with E-state index in [1.807, 2.05) is 43.9 Å². The van der Waals surface area contributed by atoms with Gasteiger partial charge in [0.15, 0.2) is 0 Å². The van der Waals surface area contributed by atoms with E-state index in [0.717, 1.165) is 16.7 Å². The summed E-state index contributed by atoms with van der Waals surface area (Å²) in [6.07, 6.45) is 0.641. The van der Waals surface area contributed by atoms with Crippen molar-refractivity contribution in [3.63, 3.8) is 0 Å². The van der Waals surface area contributed by atoms with Gasteiger partial charge in [-0.05, 0) is 43.9 Å². The average molecular weight is 372 g/mol. The first kappa shape index (κ1) is 19.6. The number of amides is 2. The molecule has 0 spiro atoms. The van der Waals surface area contributed by atoms with E-state index in [2.05, 4.69) is 0 Å². The molecule has 2 amide bonds. The van der Waals surface area contributed by atoms with E-state index in [1.165, 1.54) is 4.90 Å². The molecule has 2 aliphatic rings. The molecule has 6 nitrogen and oxygen atoms in total. The first-order valence-corrected chi connectivity index (χ1v) is 9.63. The summed E-state index contributed by atoms with van der Waals surface area (Å²) in [4.78, 5) is 29.7. The molecule has 2 aliphatic heterocycles. The van der Waals surface area contributed by atoms with Crippen molar-refractivity contribution in [2.24, 2.45) is 0 Å². The van der Waals surface area contributed by atoms with Gasteiger partial charge in [-0.25, -0.2) is 0 Å². The second kappa shape index (κ2) is 8.67. The van der Waals surface area contributed by atoms with E-state index in [0.29, 0.717) is 63.8 Å². The highest BCUT2D eigenvalue weighted by Crippen LogP contribution is 2.33. The number of carbonyl (C=O) groups excluding carboxylic acids is 2. The molecule has 1 saturated heterocycles. The Morgan fingerprint density at radius 3 is 2.48 bits per heavy atom. The van der Waals surface area contributed by atoms with Crippen molar-refractivity contribution >= 4 is 17.4 Å².